The maximum absolute atomic E-state index is 12.6. The van der Waals surface area contributed by atoms with Crippen LogP contribution in [0.15, 0.2) is 29.3 Å². The Bertz CT molecular complexity index is 930. The molecule has 1 aliphatic rings. The number of nitrogens with two attached hydrogens (primary N) is 1. The Labute approximate surface area is 175 Å². The van der Waals surface area contributed by atoms with Crippen LogP contribution in [-0.2, 0) is 16.1 Å². The summed E-state index contributed by atoms with van der Waals surface area (Å²) in [6.07, 6.45) is 3.27. The number of hydrogen-bond donors (Lipinski definition) is 2. The smallest absolute Gasteiger partial charge is 0.261 e. The molecule has 3 rings (SSSR count). The molecule has 1 aliphatic heterocycles. The van der Waals surface area contributed by atoms with Crippen molar-refractivity contribution in [1.82, 2.24) is 19.8 Å². The fourth-order valence-electron chi connectivity index (χ4n) is 3.63. The average Bonchev–Trinajstić information content (AvgIpc) is 2.72. The molecule has 158 valence electrons. The number of halogens is 1. The van der Waals surface area contributed by atoms with E-state index in [0.29, 0.717) is 37.1 Å². The SMILES string of the molecule is Cc1cccc2c(=O)n(CCC(=O)N3CCCC(C(=O)NCCN)C3)cnc12.Cl. The number of hydrogen-bond acceptors (Lipinski definition) is 5. The zero-order valence-corrected chi connectivity index (χ0v) is 17.4. The van der Waals surface area contributed by atoms with Crippen molar-refractivity contribution in [1.29, 1.82) is 0 Å². The number of aromatic nitrogens is 2. The van der Waals surface area contributed by atoms with Crippen LogP contribution in [-0.4, -0.2) is 52.4 Å². The maximum Gasteiger partial charge on any atom is 0.261 e. The molecule has 2 heterocycles. The van der Waals surface area contributed by atoms with Gasteiger partial charge in [0.2, 0.25) is 11.8 Å². The molecule has 0 saturated carbocycles. The van der Waals surface area contributed by atoms with E-state index in [1.807, 2.05) is 19.1 Å². The predicted molar refractivity (Wildman–Crippen MR) is 114 cm³/mol. The summed E-state index contributed by atoms with van der Waals surface area (Å²) in [6.45, 7) is 4.09. The number of likely N-dealkylation sites (tertiary alicyclic amines) is 1. The van der Waals surface area contributed by atoms with Crippen molar-refractivity contribution < 1.29 is 9.59 Å². The van der Waals surface area contributed by atoms with Crippen molar-refractivity contribution in [3.8, 4) is 0 Å². The van der Waals surface area contributed by atoms with Crippen LogP contribution >= 0.6 is 12.4 Å². The third-order valence-electron chi connectivity index (χ3n) is 5.21. The number of nitrogens with zero attached hydrogens (tertiary/aromatic N) is 3. The molecule has 1 unspecified atom stereocenters. The first kappa shape index (κ1) is 22.8. The minimum atomic E-state index is -0.197. The van der Waals surface area contributed by atoms with E-state index in [4.69, 9.17) is 5.73 Å². The van der Waals surface area contributed by atoms with Gasteiger partial charge in [-0.1, -0.05) is 12.1 Å². The van der Waals surface area contributed by atoms with Crippen LogP contribution in [0.25, 0.3) is 10.9 Å². The van der Waals surface area contributed by atoms with Gasteiger partial charge in [0.15, 0.2) is 0 Å². The third-order valence-corrected chi connectivity index (χ3v) is 5.21. The van der Waals surface area contributed by atoms with E-state index in [0.717, 1.165) is 18.4 Å². The van der Waals surface area contributed by atoms with Gasteiger partial charge in [-0.05, 0) is 31.4 Å². The number of piperidine rings is 1. The zero-order valence-electron chi connectivity index (χ0n) is 16.6. The van der Waals surface area contributed by atoms with Crippen LogP contribution in [0.2, 0.25) is 0 Å². The van der Waals surface area contributed by atoms with Crippen LogP contribution < -0.4 is 16.6 Å². The molecule has 0 radical (unpaired) electrons. The highest BCUT2D eigenvalue weighted by molar-refractivity contribution is 5.85. The van der Waals surface area contributed by atoms with E-state index in [-0.39, 0.29) is 48.7 Å². The van der Waals surface area contributed by atoms with E-state index in [1.165, 1.54) is 10.9 Å². The lowest BCUT2D eigenvalue weighted by molar-refractivity contribution is -0.135. The van der Waals surface area contributed by atoms with Crippen molar-refractivity contribution in [3.05, 3.63) is 40.4 Å². The largest absolute Gasteiger partial charge is 0.355 e. The number of carbonyl (C=O) groups excluding carboxylic acids is 2. The van der Waals surface area contributed by atoms with Crippen molar-refractivity contribution in [2.75, 3.05) is 26.2 Å². The molecule has 2 aromatic rings. The Morgan fingerprint density at radius 1 is 1.34 bits per heavy atom. The predicted octanol–water partition coefficient (Wildman–Crippen LogP) is 0.830. The average molecular weight is 422 g/mol. The van der Waals surface area contributed by atoms with Crippen molar-refractivity contribution in [2.24, 2.45) is 11.7 Å². The lowest BCUT2D eigenvalue weighted by Gasteiger charge is -2.32. The summed E-state index contributed by atoms with van der Waals surface area (Å²) >= 11 is 0. The van der Waals surface area contributed by atoms with Gasteiger partial charge in [-0.2, -0.15) is 0 Å². The number of para-hydroxylation sites is 1. The van der Waals surface area contributed by atoms with E-state index in [1.54, 1.807) is 11.0 Å². The lowest BCUT2D eigenvalue weighted by atomic mass is 9.97. The normalized spacial score (nSPS) is 16.3. The van der Waals surface area contributed by atoms with Gasteiger partial charge in [0.1, 0.15) is 0 Å². The summed E-state index contributed by atoms with van der Waals surface area (Å²) in [4.78, 5) is 43.5. The zero-order chi connectivity index (χ0) is 20.1. The lowest BCUT2D eigenvalue weighted by Crippen LogP contribution is -2.46. The molecule has 0 bridgehead atoms. The van der Waals surface area contributed by atoms with Gasteiger partial charge in [0, 0.05) is 39.1 Å². The highest BCUT2D eigenvalue weighted by Crippen LogP contribution is 2.18. The summed E-state index contributed by atoms with van der Waals surface area (Å²) < 4.78 is 1.48. The number of amides is 2. The van der Waals surface area contributed by atoms with Gasteiger partial charge in [0.05, 0.1) is 23.1 Å². The Morgan fingerprint density at radius 3 is 2.90 bits per heavy atom. The Morgan fingerprint density at radius 2 is 2.14 bits per heavy atom. The molecule has 0 aliphatic carbocycles. The molecular formula is C20H28ClN5O3. The standard InChI is InChI=1S/C20H27N5O3.ClH/c1-14-4-2-6-16-18(14)23-13-25(20(16)28)11-7-17(26)24-10-3-5-15(12-24)19(27)22-9-8-21;/h2,4,6,13,15H,3,5,7-12,21H2,1H3,(H,22,27);1H. The summed E-state index contributed by atoms with van der Waals surface area (Å²) in [5.41, 5.74) is 6.92. The molecule has 8 nitrogen and oxygen atoms in total. The monoisotopic (exact) mass is 421 g/mol. The van der Waals surface area contributed by atoms with Crippen LogP contribution in [0.4, 0.5) is 0 Å². The van der Waals surface area contributed by atoms with Gasteiger partial charge in [-0.3, -0.25) is 19.0 Å². The second kappa shape index (κ2) is 10.4. The van der Waals surface area contributed by atoms with Crippen LogP contribution in [0.5, 0.6) is 0 Å². The summed E-state index contributed by atoms with van der Waals surface area (Å²) in [7, 11) is 0. The van der Waals surface area contributed by atoms with Gasteiger partial charge < -0.3 is 16.0 Å². The molecule has 1 saturated heterocycles. The van der Waals surface area contributed by atoms with E-state index >= 15 is 0 Å². The number of rotatable bonds is 6. The van der Waals surface area contributed by atoms with Crippen molar-refractivity contribution in [3.63, 3.8) is 0 Å². The highest BCUT2D eigenvalue weighted by atomic mass is 35.5. The first-order valence-electron chi connectivity index (χ1n) is 9.71. The van der Waals surface area contributed by atoms with Crippen LogP contribution in [0, 0.1) is 12.8 Å². The molecule has 9 heteroatoms. The van der Waals surface area contributed by atoms with Gasteiger partial charge in [-0.25, -0.2) is 4.98 Å². The summed E-state index contributed by atoms with van der Waals surface area (Å²) in [6, 6.07) is 5.50. The Hall–Kier alpha value is -2.45. The Kier molecular flexibility index (Phi) is 8.16. The molecular weight excluding hydrogens is 394 g/mol. The van der Waals surface area contributed by atoms with Crippen molar-refractivity contribution >= 4 is 35.1 Å². The summed E-state index contributed by atoms with van der Waals surface area (Å²) in [5.74, 6) is -0.293. The van der Waals surface area contributed by atoms with E-state index < -0.39 is 0 Å². The maximum atomic E-state index is 12.6. The van der Waals surface area contributed by atoms with Gasteiger partial charge >= 0.3 is 0 Å². The molecule has 2 amide bonds. The number of benzene rings is 1. The van der Waals surface area contributed by atoms with Crippen molar-refractivity contribution in [2.45, 2.75) is 32.7 Å². The quantitative estimate of drug-likeness (QED) is 0.717. The Balaban J connectivity index is 0.00000300. The fourth-order valence-corrected chi connectivity index (χ4v) is 3.63. The molecule has 3 N–H and O–H groups in total. The van der Waals surface area contributed by atoms with E-state index in [9.17, 15) is 14.4 Å². The minimum Gasteiger partial charge on any atom is -0.355 e. The number of carbonyl (C=O) groups is 2. The van der Waals surface area contributed by atoms with E-state index in [2.05, 4.69) is 10.3 Å². The second-order valence-electron chi connectivity index (χ2n) is 7.22. The second-order valence-corrected chi connectivity index (χ2v) is 7.22. The highest BCUT2D eigenvalue weighted by Gasteiger charge is 2.28. The van der Waals surface area contributed by atoms with Crippen LogP contribution in [0.1, 0.15) is 24.8 Å². The number of nitrogens with one attached hydrogen (secondary N) is 1. The topological polar surface area (TPSA) is 110 Å². The van der Waals surface area contributed by atoms with Gasteiger partial charge in [-0.15, -0.1) is 12.4 Å². The molecule has 1 aromatic heterocycles. The first-order chi connectivity index (χ1) is 13.5. The third kappa shape index (κ3) is 5.33. The first-order valence-corrected chi connectivity index (χ1v) is 9.71. The molecule has 1 atom stereocenters. The van der Waals surface area contributed by atoms with Gasteiger partial charge in [0.25, 0.3) is 5.56 Å². The minimum absolute atomic E-state index is 0. The van der Waals surface area contributed by atoms with Crippen LogP contribution in [0.3, 0.4) is 0 Å². The molecule has 1 fully saturated rings. The molecule has 29 heavy (non-hydrogen) atoms. The molecule has 0 spiro atoms. The fraction of sp³-hybridized carbons (Fsp3) is 0.500. The number of aryl methyl sites for hydroxylation is 2. The molecule has 1 aromatic carbocycles. The number of fused-ring (bicyclic) bond motifs is 1. The summed E-state index contributed by atoms with van der Waals surface area (Å²) in [5, 5.41) is 3.35.